The number of thiophene rings is 1. The van der Waals surface area contributed by atoms with E-state index in [4.69, 9.17) is 21.1 Å². The highest BCUT2D eigenvalue weighted by molar-refractivity contribution is 7.20. The Bertz CT molecular complexity index is 1210. The second-order valence-electron chi connectivity index (χ2n) is 6.49. The van der Waals surface area contributed by atoms with Gasteiger partial charge in [-0.1, -0.05) is 41.9 Å². The van der Waals surface area contributed by atoms with Gasteiger partial charge in [0.05, 0.1) is 18.2 Å². The van der Waals surface area contributed by atoms with Crippen LogP contribution in [-0.4, -0.2) is 23.0 Å². The molecule has 0 saturated carbocycles. The molecule has 0 bridgehead atoms. The zero-order chi connectivity index (χ0) is 21.1. The fourth-order valence-corrected chi connectivity index (χ4v) is 4.27. The average molecular weight is 440 g/mol. The van der Waals surface area contributed by atoms with Crippen LogP contribution in [0, 0.1) is 6.92 Å². The first-order valence-electron chi connectivity index (χ1n) is 9.12. The van der Waals surface area contributed by atoms with Crippen molar-refractivity contribution in [3.63, 3.8) is 0 Å². The SMILES string of the molecule is COc1ccc(Cl)cc1Nc1ncnc2sc(C(=O)OCc3ccccc3)c(C)c12. The number of carbonyl (C=O) groups excluding carboxylic acids is 1. The second-order valence-corrected chi connectivity index (χ2v) is 7.93. The van der Waals surface area contributed by atoms with Gasteiger partial charge in [0.1, 0.15) is 34.2 Å². The molecule has 0 saturated heterocycles. The van der Waals surface area contributed by atoms with E-state index < -0.39 is 0 Å². The first-order valence-corrected chi connectivity index (χ1v) is 10.3. The third kappa shape index (κ3) is 4.08. The molecule has 0 radical (unpaired) electrons. The van der Waals surface area contributed by atoms with Gasteiger partial charge in [0.15, 0.2) is 0 Å². The average Bonchev–Trinajstić information content (AvgIpc) is 3.10. The van der Waals surface area contributed by atoms with Gasteiger partial charge in [-0.15, -0.1) is 11.3 Å². The third-order valence-corrected chi connectivity index (χ3v) is 5.95. The summed E-state index contributed by atoms with van der Waals surface area (Å²) in [5.41, 5.74) is 2.36. The van der Waals surface area contributed by atoms with Crippen molar-refractivity contribution in [2.24, 2.45) is 0 Å². The summed E-state index contributed by atoms with van der Waals surface area (Å²) in [6, 6.07) is 14.8. The van der Waals surface area contributed by atoms with Crippen LogP contribution in [0.3, 0.4) is 0 Å². The number of methoxy groups -OCH3 is 1. The van der Waals surface area contributed by atoms with Crippen LogP contribution in [0.5, 0.6) is 5.75 Å². The maximum Gasteiger partial charge on any atom is 0.349 e. The number of benzene rings is 2. The van der Waals surface area contributed by atoms with Crippen LogP contribution in [0.1, 0.15) is 20.8 Å². The van der Waals surface area contributed by atoms with Crippen LogP contribution in [0.15, 0.2) is 54.9 Å². The van der Waals surface area contributed by atoms with E-state index in [2.05, 4.69) is 15.3 Å². The topological polar surface area (TPSA) is 73.3 Å². The van der Waals surface area contributed by atoms with E-state index in [0.29, 0.717) is 32.0 Å². The second kappa shape index (κ2) is 8.69. The number of rotatable bonds is 6. The standard InChI is InChI=1S/C22H18ClN3O3S/c1-13-18-20(26-16-10-15(23)8-9-17(16)28-2)24-12-25-21(18)30-19(13)22(27)29-11-14-6-4-3-5-7-14/h3-10,12H,11H2,1-2H3,(H,24,25,26). The minimum atomic E-state index is -0.384. The number of aryl methyl sites for hydroxylation is 1. The zero-order valence-electron chi connectivity index (χ0n) is 16.3. The van der Waals surface area contributed by atoms with Crippen molar-refractivity contribution in [3.8, 4) is 5.75 Å². The number of esters is 1. The molecule has 30 heavy (non-hydrogen) atoms. The molecule has 1 N–H and O–H groups in total. The Hall–Kier alpha value is -3.16. The summed E-state index contributed by atoms with van der Waals surface area (Å²) in [4.78, 5) is 22.6. The lowest BCUT2D eigenvalue weighted by Gasteiger charge is -2.12. The number of ether oxygens (including phenoxy) is 2. The fraction of sp³-hybridized carbons (Fsp3) is 0.136. The van der Waals surface area contributed by atoms with Gasteiger partial charge < -0.3 is 14.8 Å². The van der Waals surface area contributed by atoms with Crippen molar-refractivity contribution in [3.05, 3.63) is 75.9 Å². The van der Waals surface area contributed by atoms with Gasteiger partial charge in [-0.3, -0.25) is 0 Å². The summed E-state index contributed by atoms with van der Waals surface area (Å²) < 4.78 is 10.9. The summed E-state index contributed by atoms with van der Waals surface area (Å²) in [6.07, 6.45) is 1.46. The Labute approximate surface area is 182 Å². The van der Waals surface area contributed by atoms with Crippen LogP contribution < -0.4 is 10.1 Å². The molecule has 4 rings (SSSR count). The maximum atomic E-state index is 12.7. The maximum absolute atomic E-state index is 12.7. The highest BCUT2D eigenvalue weighted by Gasteiger charge is 2.21. The first-order chi connectivity index (χ1) is 14.6. The molecule has 2 heterocycles. The molecule has 0 unspecified atom stereocenters. The van der Waals surface area contributed by atoms with Crippen molar-refractivity contribution in [1.82, 2.24) is 9.97 Å². The summed E-state index contributed by atoms with van der Waals surface area (Å²) >= 11 is 7.42. The predicted octanol–water partition coefficient (Wildman–Crippen LogP) is 5.76. The normalized spacial score (nSPS) is 10.8. The predicted molar refractivity (Wildman–Crippen MR) is 119 cm³/mol. The highest BCUT2D eigenvalue weighted by atomic mass is 35.5. The monoisotopic (exact) mass is 439 g/mol. The smallest absolute Gasteiger partial charge is 0.349 e. The Balaban J connectivity index is 1.65. The summed E-state index contributed by atoms with van der Waals surface area (Å²) in [5, 5.41) is 4.58. The molecule has 0 atom stereocenters. The molecule has 4 aromatic rings. The third-order valence-electron chi connectivity index (χ3n) is 4.54. The summed E-state index contributed by atoms with van der Waals surface area (Å²) in [7, 11) is 1.58. The van der Waals surface area contributed by atoms with Crippen molar-refractivity contribution in [2.45, 2.75) is 13.5 Å². The van der Waals surface area contributed by atoms with Gasteiger partial charge in [-0.05, 0) is 36.2 Å². The number of aromatic nitrogens is 2. The number of anilines is 2. The molecule has 0 aliphatic heterocycles. The molecule has 6 nitrogen and oxygen atoms in total. The van der Waals surface area contributed by atoms with Crippen molar-refractivity contribution in [1.29, 1.82) is 0 Å². The lowest BCUT2D eigenvalue weighted by Crippen LogP contribution is -2.04. The quantitative estimate of drug-likeness (QED) is 0.385. The van der Waals surface area contributed by atoms with Crippen molar-refractivity contribution >= 4 is 50.6 Å². The summed E-state index contributed by atoms with van der Waals surface area (Å²) in [6.45, 7) is 2.07. The first kappa shape index (κ1) is 20.1. The van der Waals surface area contributed by atoms with Gasteiger partial charge in [-0.25, -0.2) is 14.8 Å². The van der Waals surface area contributed by atoms with E-state index in [1.807, 2.05) is 37.3 Å². The molecule has 152 valence electrons. The molecular formula is C22H18ClN3O3S. The van der Waals surface area contributed by atoms with Gasteiger partial charge >= 0.3 is 5.97 Å². The van der Waals surface area contributed by atoms with E-state index in [-0.39, 0.29) is 12.6 Å². The van der Waals surface area contributed by atoms with Crippen LogP contribution in [-0.2, 0) is 11.3 Å². The van der Waals surface area contributed by atoms with Crippen LogP contribution in [0.2, 0.25) is 5.02 Å². The molecule has 0 spiro atoms. The molecule has 0 fully saturated rings. The Morgan fingerprint density at radius 3 is 2.73 bits per heavy atom. The van der Waals surface area contributed by atoms with Gasteiger partial charge in [0, 0.05) is 5.02 Å². The number of halogens is 1. The Morgan fingerprint density at radius 2 is 1.97 bits per heavy atom. The highest BCUT2D eigenvalue weighted by Crippen LogP contribution is 2.37. The Kier molecular flexibility index (Phi) is 5.83. The van der Waals surface area contributed by atoms with E-state index in [1.54, 1.807) is 25.3 Å². The van der Waals surface area contributed by atoms with E-state index in [0.717, 1.165) is 16.5 Å². The number of hydrogen-bond acceptors (Lipinski definition) is 7. The minimum absolute atomic E-state index is 0.212. The Morgan fingerprint density at radius 1 is 1.17 bits per heavy atom. The molecule has 2 aromatic carbocycles. The molecule has 0 aliphatic rings. The number of carbonyl (C=O) groups is 1. The lowest BCUT2D eigenvalue weighted by atomic mass is 10.2. The van der Waals surface area contributed by atoms with Crippen LogP contribution in [0.25, 0.3) is 10.2 Å². The van der Waals surface area contributed by atoms with Crippen molar-refractivity contribution < 1.29 is 14.3 Å². The largest absolute Gasteiger partial charge is 0.495 e. The van der Waals surface area contributed by atoms with Gasteiger partial charge in [0.25, 0.3) is 0 Å². The van der Waals surface area contributed by atoms with E-state index in [1.165, 1.54) is 17.7 Å². The number of fused-ring (bicyclic) bond motifs is 1. The number of hydrogen-bond donors (Lipinski definition) is 1. The van der Waals surface area contributed by atoms with Crippen LogP contribution >= 0.6 is 22.9 Å². The lowest BCUT2D eigenvalue weighted by molar-refractivity contribution is 0.0478. The minimum Gasteiger partial charge on any atom is -0.495 e. The molecular weight excluding hydrogens is 422 g/mol. The van der Waals surface area contributed by atoms with Crippen LogP contribution in [0.4, 0.5) is 11.5 Å². The van der Waals surface area contributed by atoms with Crippen molar-refractivity contribution in [2.75, 3.05) is 12.4 Å². The summed E-state index contributed by atoms with van der Waals surface area (Å²) in [5.74, 6) is 0.809. The van der Waals surface area contributed by atoms with Gasteiger partial charge in [0.2, 0.25) is 0 Å². The molecule has 2 aromatic heterocycles. The number of nitrogens with one attached hydrogen (secondary N) is 1. The molecule has 0 aliphatic carbocycles. The molecule has 8 heteroatoms. The van der Waals surface area contributed by atoms with E-state index >= 15 is 0 Å². The molecule has 0 amide bonds. The number of nitrogens with zero attached hydrogens (tertiary/aromatic N) is 2. The van der Waals surface area contributed by atoms with E-state index in [9.17, 15) is 4.79 Å². The van der Waals surface area contributed by atoms with Gasteiger partial charge in [-0.2, -0.15) is 0 Å². The zero-order valence-corrected chi connectivity index (χ0v) is 17.9. The fourth-order valence-electron chi connectivity index (χ4n) is 3.06.